The van der Waals surface area contributed by atoms with Crippen molar-refractivity contribution >= 4 is 22.7 Å². The number of nitrogens with one attached hydrogen (secondary N) is 2. The lowest BCUT2D eigenvalue weighted by Gasteiger charge is -2.31. The molecule has 0 unspecified atom stereocenters. The molecule has 208 valence electrons. The normalized spacial score (nSPS) is 18.2. The van der Waals surface area contributed by atoms with Crippen LogP contribution in [0.5, 0.6) is 5.75 Å². The molecule has 40 heavy (non-hydrogen) atoms. The molecule has 2 atom stereocenters. The Bertz CT molecular complexity index is 1660. The molecule has 0 bridgehead atoms. The van der Waals surface area contributed by atoms with Crippen molar-refractivity contribution in [2.24, 2.45) is 5.73 Å². The Balaban J connectivity index is 1.60. The summed E-state index contributed by atoms with van der Waals surface area (Å²) < 4.78 is 76.9. The Labute approximate surface area is 222 Å². The predicted octanol–water partition coefficient (Wildman–Crippen LogP) is 3.22. The number of alkyl halides is 3. The summed E-state index contributed by atoms with van der Waals surface area (Å²) in [5.74, 6) is -3.57. The first kappa shape index (κ1) is 27.0. The summed E-state index contributed by atoms with van der Waals surface area (Å²) in [6.07, 6.45) is -4.17. The average molecular weight is 561 g/mol. The first-order chi connectivity index (χ1) is 18.7. The number of H-pyrrole nitrogens is 1. The smallest absolute Gasteiger partial charge is 0.424 e. The number of hydrogen-bond donors (Lipinski definition) is 4. The fraction of sp³-hybridized carbons (Fsp3) is 0.231. The first-order valence-electron chi connectivity index (χ1n) is 11.7. The molecule has 3 heterocycles. The summed E-state index contributed by atoms with van der Waals surface area (Å²) in [5, 5.41) is 19.3. The van der Waals surface area contributed by atoms with Crippen LogP contribution in [0.15, 0.2) is 48.7 Å². The van der Waals surface area contributed by atoms with Gasteiger partial charge in [-0.05, 0) is 49.4 Å². The minimum Gasteiger partial charge on any atom is -0.489 e. The van der Waals surface area contributed by atoms with E-state index in [-0.39, 0.29) is 45.6 Å². The number of pyridine rings is 1. The highest BCUT2D eigenvalue weighted by Crippen LogP contribution is 2.47. The zero-order chi connectivity index (χ0) is 29.0. The maximum absolute atomic E-state index is 14.5. The number of amides is 2. The number of nitrogens with zero attached hydrogens (tertiary/aromatic N) is 2. The Morgan fingerprint density at radius 3 is 2.52 bits per heavy atom. The van der Waals surface area contributed by atoms with Crippen LogP contribution in [0, 0.1) is 11.6 Å². The summed E-state index contributed by atoms with van der Waals surface area (Å²) in [5.41, 5.74) is -1.29. The van der Waals surface area contributed by atoms with Crippen LogP contribution in [0.2, 0.25) is 0 Å². The first-order valence-corrected chi connectivity index (χ1v) is 11.7. The third kappa shape index (κ3) is 4.29. The van der Waals surface area contributed by atoms with E-state index >= 15 is 0 Å². The van der Waals surface area contributed by atoms with Crippen molar-refractivity contribution in [1.82, 2.24) is 20.5 Å². The highest BCUT2D eigenvalue weighted by molar-refractivity contribution is 5.98. The van der Waals surface area contributed by atoms with Gasteiger partial charge in [-0.2, -0.15) is 18.3 Å². The van der Waals surface area contributed by atoms with Crippen molar-refractivity contribution in [1.29, 1.82) is 0 Å². The van der Waals surface area contributed by atoms with Gasteiger partial charge in [0.05, 0.1) is 18.4 Å². The van der Waals surface area contributed by atoms with Gasteiger partial charge in [0, 0.05) is 22.1 Å². The van der Waals surface area contributed by atoms with Crippen LogP contribution in [-0.4, -0.2) is 51.4 Å². The fourth-order valence-corrected chi connectivity index (χ4v) is 4.39. The van der Waals surface area contributed by atoms with Gasteiger partial charge in [-0.15, -0.1) is 0 Å². The molecule has 2 aromatic carbocycles. The van der Waals surface area contributed by atoms with Crippen LogP contribution in [0.1, 0.15) is 28.5 Å². The lowest BCUT2D eigenvalue weighted by molar-refractivity contribution is -0.265. The lowest BCUT2D eigenvalue weighted by Crippen LogP contribution is -2.51. The van der Waals surface area contributed by atoms with E-state index in [9.17, 15) is 36.6 Å². The maximum atomic E-state index is 14.5. The topological polar surface area (TPSA) is 143 Å². The molecule has 4 aromatic rings. The van der Waals surface area contributed by atoms with Gasteiger partial charge in [-0.25, -0.2) is 13.8 Å². The molecule has 9 nitrogen and oxygen atoms in total. The number of ether oxygens (including phenoxy) is 1. The number of carbonyl (C=O) groups is 2. The zero-order valence-corrected chi connectivity index (χ0v) is 20.6. The van der Waals surface area contributed by atoms with Crippen molar-refractivity contribution in [3.63, 3.8) is 0 Å². The number of rotatable bonds is 6. The van der Waals surface area contributed by atoms with Crippen molar-refractivity contribution in [3.8, 4) is 17.0 Å². The fourth-order valence-electron chi connectivity index (χ4n) is 4.39. The molecular weight excluding hydrogens is 541 g/mol. The molecule has 0 aliphatic carbocycles. The van der Waals surface area contributed by atoms with Gasteiger partial charge in [-0.1, -0.05) is 0 Å². The number of aromatic nitrogens is 3. The lowest BCUT2D eigenvalue weighted by atomic mass is 9.81. The number of fused-ring (bicyclic) bond motifs is 2. The van der Waals surface area contributed by atoms with Gasteiger partial charge in [0.25, 0.3) is 5.91 Å². The Hall–Kier alpha value is -4.59. The third-order valence-corrected chi connectivity index (χ3v) is 6.89. The minimum absolute atomic E-state index is 0.00118. The Morgan fingerprint density at radius 2 is 1.88 bits per heavy atom. The van der Waals surface area contributed by atoms with E-state index in [4.69, 9.17) is 10.5 Å². The van der Waals surface area contributed by atoms with E-state index in [1.807, 2.05) is 5.32 Å². The highest BCUT2D eigenvalue weighted by Gasteiger charge is 2.57. The van der Waals surface area contributed by atoms with Crippen LogP contribution in [0.3, 0.4) is 0 Å². The largest absolute Gasteiger partial charge is 0.489 e. The van der Waals surface area contributed by atoms with Crippen molar-refractivity contribution in [2.45, 2.75) is 24.1 Å². The van der Waals surface area contributed by atoms with Crippen molar-refractivity contribution < 1.29 is 41.4 Å². The molecule has 0 spiro atoms. The van der Waals surface area contributed by atoms with Gasteiger partial charge in [0.1, 0.15) is 40.6 Å². The number of aromatic amines is 1. The van der Waals surface area contributed by atoms with Crippen LogP contribution in [0.4, 0.5) is 22.0 Å². The number of hydrogen-bond acceptors (Lipinski definition) is 6. The van der Waals surface area contributed by atoms with E-state index in [0.29, 0.717) is 0 Å². The molecule has 5 rings (SSSR count). The summed E-state index contributed by atoms with van der Waals surface area (Å²) in [6.45, 7) is -0.391. The van der Waals surface area contributed by atoms with Crippen LogP contribution in [-0.2, 0) is 15.8 Å². The average Bonchev–Trinajstić information content (AvgIpc) is 3.52. The van der Waals surface area contributed by atoms with E-state index in [0.717, 1.165) is 24.3 Å². The molecule has 14 heteroatoms. The number of benzene rings is 2. The standard InChI is InChI=1S/C26H20F5N5O4/c1-24(23(32)38)11-40-21-16(24)8-18(35-20(21)12-2-4-15(27)5-3-12)25(39,26(29,30)31)10-33-22(37)13-6-14-9-34-36-19(14)17(28)7-13/h2-9,39H,10-11H2,1H3,(H2,32,38)(H,33,37)(H,34,36)/t24-,25-/m0/s1. The van der Waals surface area contributed by atoms with Crippen LogP contribution >= 0.6 is 0 Å². The SMILES string of the molecule is C[C@]1(C(N)=O)COc2c1cc([C@@](O)(CNC(=O)c1cc(F)c3[nH]ncc3c1)C(F)(F)F)nc2-c1ccc(F)cc1. The molecule has 1 aliphatic rings. The molecule has 0 radical (unpaired) electrons. The summed E-state index contributed by atoms with van der Waals surface area (Å²) in [7, 11) is 0. The van der Waals surface area contributed by atoms with Gasteiger partial charge >= 0.3 is 6.18 Å². The van der Waals surface area contributed by atoms with Gasteiger partial charge in [0.15, 0.2) is 0 Å². The van der Waals surface area contributed by atoms with E-state index < -0.39 is 52.9 Å². The molecule has 2 aromatic heterocycles. The van der Waals surface area contributed by atoms with Crippen LogP contribution < -0.4 is 15.8 Å². The number of halogens is 5. The molecule has 5 N–H and O–H groups in total. The van der Waals surface area contributed by atoms with Crippen molar-refractivity contribution in [2.75, 3.05) is 13.2 Å². The van der Waals surface area contributed by atoms with E-state index in [1.54, 1.807) is 0 Å². The number of primary amides is 1. The Kier molecular flexibility index (Phi) is 6.25. The molecular formula is C26H20F5N5O4. The monoisotopic (exact) mass is 561 g/mol. The Morgan fingerprint density at radius 1 is 1.18 bits per heavy atom. The summed E-state index contributed by atoms with van der Waals surface area (Å²) >= 11 is 0. The molecule has 0 fully saturated rings. The second-order valence-corrected chi connectivity index (χ2v) is 9.56. The molecule has 2 amide bonds. The molecule has 1 aliphatic heterocycles. The van der Waals surface area contributed by atoms with E-state index in [1.165, 1.54) is 31.3 Å². The summed E-state index contributed by atoms with van der Waals surface area (Å²) in [6, 6.07) is 7.42. The highest BCUT2D eigenvalue weighted by atomic mass is 19.4. The number of carbonyl (C=O) groups excluding carboxylic acids is 2. The van der Waals surface area contributed by atoms with Crippen LogP contribution in [0.25, 0.3) is 22.2 Å². The van der Waals surface area contributed by atoms with Gasteiger partial charge in [0.2, 0.25) is 11.5 Å². The van der Waals surface area contributed by atoms with Gasteiger partial charge in [-0.3, -0.25) is 14.7 Å². The van der Waals surface area contributed by atoms with E-state index in [2.05, 4.69) is 15.2 Å². The zero-order valence-electron chi connectivity index (χ0n) is 20.6. The van der Waals surface area contributed by atoms with Crippen molar-refractivity contribution in [3.05, 3.63) is 77.1 Å². The summed E-state index contributed by atoms with van der Waals surface area (Å²) in [4.78, 5) is 29.1. The third-order valence-electron chi connectivity index (χ3n) is 6.89. The predicted molar refractivity (Wildman–Crippen MR) is 130 cm³/mol. The minimum atomic E-state index is -5.40. The molecule has 0 saturated heterocycles. The molecule has 0 saturated carbocycles. The number of nitrogens with two attached hydrogens (primary N) is 1. The second kappa shape index (κ2) is 9.26. The van der Waals surface area contributed by atoms with Gasteiger partial charge < -0.3 is 20.9 Å². The maximum Gasteiger partial charge on any atom is 0.424 e. The second-order valence-electron chi connectivity index (χ2n) is 9.56. The quantitative estimate of drug-likeness (QED) is 0.266. The number of aliphatic hydroxyl groups is 1.